The monoisotopic (exact) mass is 263 g/mol. The van der Waals surface area contributed by atoms with Crippen LogP contribution < -0.4 is 5.32 Å². The highest BCUT2D eigenvalue weighted by Gasteiger charge is 2.21. The van der Waals surface area contributed by atoms with Crippen molar-refractivity contribution in [3.05, 3.63) is 0 Å². The van der Waals surface area contributed by atoms with E-state index >= 15 is 0 Å². The Bertz CT molecular complexity index is 263. The Balaban J connectivity index is 4.07. The van der Waals surface area contributed by atoms with Gasteiger partial charge in [0.05, 0.1) is 13.2 Å². The van der Waals surface area contributed by atoms with E-state index in [0.717, 1.165) is 0 Å². The number of thiol groups is 1. The molecule has 0 rings (SSSR count). The van der Waals surface area contributed by atoms with Crippen molar-refractivity contribution in [3.63, 3.8) is 0 Å². The lowest BCUT2D eigenvalue weighted by atomic mass is 10.2. The molecule has 0 saturated heterocycles. The molecule has 0 amide bonds. The molecule has 1 N–H and O–H groups in total. The van der Waals surface area contributed by atoms with E-state index in [2.05, 4.69) is 17.9 Å². The van der Waals surface area contributed by atoms with Crippen LogP contribution in [-0.2, 0) is 19.1 Å². The first-order chi connectivity index (χ1) is 7.80. The van der Waals surface area contributed by atoms with E-state index < -0.39 is 23.6 Å². The van der Waals surface area contributed by atoms with Gasteiger partial charge >= 0.3 is 11.9 Å². The molecule has 0 heterocycles. The summed E-state index contributed by atoms with van der Waals surface area (Å²) in [5.74, 6) is -0.554. The molecule has 0 aliphatic rings. The van der Waals surface area contributed by atoms with Gasteiger partial charge in [-0.05, 0) is 27.7 Å². The summed E-state index contributed by atoms with van der Waals surface area (Å²) in [7, 11) is 0. The molecule has 0 aromatic carbocycles. The van der Waals surface area contributed by atoms with Crippen LogP contribution in [0.25, 0.3) is 0 Å². The summed E-state index contributed by atoms with van der Waals surface area (Å²) in [5, 5.41) is 2.75. The summed E-state index contributed by atoms with van der Waals surface area (Å²) in [6.45, 7) is 7.34. The van der Waals surface area contributed by atoms with Gasteiger partial charge in [0.25, 0.3) is 0 Å². The molecular weight excluding hydrogens is 242 g/mol. The Kier molecular flexibility index (Phi) is 7.22. The summed E-state index contributed by atoms with van der Waals surface area (Å²) in [6.07, 6.45) is 0. The standard InChI is InChI=1S/C11H21NO4S/c1-5-15-10(14)8(7-17)12-6-9(13)16-11(2,3)4/h8,12,17H,5-7H2,1-4H3/t8-/m1/s1. The van der Waals surface area contributed by atoms with E-state index in [9.17, 15) is 9.59 Å². The van der Waals surface area contributed by atoms with Crippen molar-refractivity contribution in [1.29, 1.82) is 0 Å². The van der Waals surface area contributed by atoms with Crippen LogP contribution in [0, 0.1) is 0 Å². The van der Waals surface area contributed by atoms with Crippen molar-refractivity contribution < 1.29 is 19.1 Å². The maximum Gasteiger partial charge on any atom is 0.323 e. The summed E-state index contributed by atoms with van der Waals surface area (Å²) < 4.78 is 9.92. The Morgan fingerprint density at radius 3 is 2.35 bits per heavy atom. The van der Waals surface area contributed by atoms with Gasteiger partial charge in [0.2, 0.25) is 0 Å². The van der Waals surface area contributed by atoms with Gasteiger partial charge in [0, 0.05) is 5.75 Å². The van der Waals surface area contributed by atoms with Crippen molar-refractivity contribution in [2.24, 2.45) is 0 Å². The molecule has 0 radical (unpaired) electrons. The van der Waals surface area contributed by atoms with Gasteiger partial charge in [0.15, 0.2) is 0 Å². The first-order valence-corrected chi connectivity index (χ1v) is 6.16. The third kappa shape index (κ3) is 8.04. The normalized spacial score (nSPS) is 13.0. The average Bonchev–Trinajstić information content (AvgIpc) is 2.16. The minimum atomic E-state index is -0.592. The minimum absolute atomic E-state index is 0.0404. The van der Waals surface area contributed by atoms with Crippen LogP contribution in [0.1, 0.15) is 27.7 Å². The molecule has 0 unspecified atom stereocenters. The maximum absolute atomic E-state index is 11.4. The van der Waals surface area contributed by atoms with Gasteiger partial charge in [-0.3, -0.25) is 14.9 Å². The van der Waals surface area contributed by atoms with Crippen LogP contribution in [0.2, 0.25) is 0 Å². The molecule has 0 aliphatic heterocycles. The van der Waals surface area contributed by atoms with Crippen molar-refractivity contribution >= 4 is 24.6 Å². The summed E-state index contributed by atoms with van der Waals surface area (Å²) >= 11 is 4.02. The molecule has 0 aromatic heterocycles. The Labute approximate surface area is 108 Å². The molecule has 0 aliphatic carbocycles. The fourth-order valence-electron chi connectivity index (χ4n) is 1.05. The minimum Gasteiger partial charge on any atom is -0.465 e. The zero-order chi connectivity index (χ0) is 13.5. The predicted octanol–water partition coefficient (Wildman–Crippen LogP) is 0.779. The zero-order valence-corrected chi connectivity index (χ0v) is 11.7. The fraction of sp³-hybridized carbons (Fsp3) is 0.818. The van der Waals surface area contributed by atoms with Gasteiger partial charge in [-0.25, -0.2) is 0 Å². The molecule has 6 heteroatoms. The van der Waals surface area contributed by atoms with E-state index in [0.29, 0.717) is 6.61 Å². The van der Waals surface area contributed by atoms with Crippen LogP contribution in [0.3, 0.4) is 0 Å². The number of ether oxygens (including phenoxy) is 2. The van der Waals surface area contributed by atoms with Crippen molar-refractivity contribution in [1.82, 2.24) is 5.32 Å². The van der Waals surface area contributed by atoms with Gasteiger partial charge in [-0.1, -0.05) is 0 Å². The SMILES string of the molecule is CCOC(=O)[C@@H](CS)NCC(=O)OC(C)(C)C. The summed E-state index contributed by atoms with van der Waals surface area (Å²) in [6, 6.07) is -0.592. The Morgan fingerprint density at radius 2 is 1.94 bits per heavy atom. The van der Waals surface area contributed by atoms with Gasteiger partial charge in [0.1, 0.15) is 11.6 Å². The third-order valence-corrected chi connectivity index (χ3v) is 2.03. The predicted molar refractivity (Wildman–Crippen MR) is 68.1 cm³/mol. The fourth-order valence-corrected chi connectivity index (χ4v) is 1.33. The zero-order valence-electron chi connectivity index (χ0n) is 10.8. The van der Waals surface area contributed by atoms with E-state index in [1.807, 2.05) is 0 Å². The maximum atomic E-state index is 11.4. The lowest BCUT2D eigenvalue weighted by Gasteiger charge is -2.20. The smallest absolute Gasteiger partial charge is 0.323 e. The Hall–Kier alpha value is -0.750. The molecule has 0 saturated carbocycles. The summed E-state index contributed by atoms with van der Waals surface area (Å²) in [5.41, 5.74) is -0.529. The van der Waals surface area contributed by atoms with Gasteiger partial charge in [-0.15, -0.1) is 0 Å². The molecular formula is C11H21NO4S. The first kappa shape index (κ1) is 16.2. The third-order valence-electron chi connectivity index (χ3n) is 1.67. The lowest BCUT2D eigenvalue weighted by Crippen LogP contribution is -2.43. The van der Waals surface area contributed by atoms with Crippen molar-refractivity contribution in [2.75, 3.05) is 18.9 Å². The topological polar surface area (TPSA) is 64.6 Å². The molecule has 0 aromatic rings. The molecule has 100 valence electrons. The second-order valence-corrected chi connectivity index (χ2v) is 4.82. The molecule has 0 spiro atoms. The lowest BCUT2D eigenvalue weighted by molar-refractivity contribution is -0.154. The largest absolute Gasteiger partial charge is 0.465 e. The molecule has 1 atom stereocenters. The van der Waals surface area contributed by atoms with Crippen LogP contribution >= 0.6 is 12.6 Å². The summed E-state index contributed by atoms with van der Waals surface area (Å²) in [4.78, 5) is 22.8. The number of esters is 2. The average molecular weight is 263 g/mol. The van der Waals surface area contributed by atoms with E-state index in [-0.39, 0.29) is 12.3 Å². The van der Waals surface area contributed by atoms with Crippen molar-refractivity contribution in [3.8, 4) is 0 Å². The molecule has 17 heavy (non-hydrogen) atoms. The van der Waals surface area contributed by atoms with Crippen LogP contribution in [-0.4, -0.2) is 42.5 Å². The number of nitrogens with one attached hydrogen (secondary N) is 1. The highest BCUT2D eigenvalue weighted by Crippen LogP contribution is 2.06. The van der Waals surface area contributed by atoms with Crippen LogP contribution in [0.15, 0.2) is 0 Å². The first-order valence-electron chi connectivity index (χ1n) is 5.53. The van der Waals surface area contributed by atoms with Crippen molar-refractivity contribution in [2.45, 2.75) is 39.3 Å². The highest BCUT2D eigenvalue weighted by atomic mass is 32.1. The molecule has 0 bridgehead atoms. The number of hydrogen-bond donors (Lipinski definition) is 2. The quantitative estimate of drug-likeness (QED) is 0.547. The number of carbonyl (C=O) groups excluding carboxylic acids is 2. The van der Waals surface area contributed by atoms with Gasteiger partial charge in [-0.2, -0.15) is 12.6 Å². The highest BCUT2D eigenvalue weighted by molar-refractivity contribution is 7.80. The van der Waals surface area contributed by atoms with E-state index in [1.54, 1.807) is 27.7 Å². The number of hydrogen-bond acceptors (Lipinski definition) is 6. The second kappa shape index (κ2) is 7.55. The number of carbonyl (C=O) groups is 2. The van der Waals surface area contributed by atoms with Gasteiger partial charge < -0.3 is 9.47 Å². The molecule has 5 nitrogen and oxygen atoms in total. The van der Waals surface area contributed by atoms with E-state index in [4.69, 9.17) is 9.47 Å². The van der Waals surface area contributed by atoms with Crippen LogP contribution in [0.4, 0.5) is 0 Å². The number of rotatable bonds is 6. The second-order valence-electron chi connectivity index (χ2n) is 4.45. The Morgan fingerprint density at radius 1 is 1.35 bits per heavy atom. The van der Waals surface area contributed by atoms with Crippen LogP contribution in [0.5, 0.6) is 0 Å². The molecule has 0 fully saturated rings. The van der Waals surface area contributed by atoms with E-state index in [1.165, 1.54) is 0 Å².